The molecule has 6 heteroatoms. The predicted molar refractivity (Wildman–Crippen MR) is 136 cm³/mol. The molecule has 0 radical (unpaired) electrons. The summed E-state index contributed by atoms with van der Waals surface area (Å²) in [5.41, 5.74) is 4.46. The van der Waals surface area contributed by atoms with Crippen molar-refractivity contribution in [1.29, 1.82) is 0 Å². The zero-order valence-electron chi connectivity index (χ0n) is 20.0. The Morgan fingerprint density at radius 1 is 0.912 bits per heavy atom. The molecule has 1 heterocycles. The lowest BCUT2D eigenvalue weighted by molar-refractivity contribution is 0.340. The highest BCUT2D eigenvalue weighted by Crippen LogP contribution is 2.25. The SMILES string of the molecule is CCOc1ccc2c(c1)c(=O)c(S(=O)(=O)c1ccc(CC)cc1)cn2Cc1cc(C)ccc1C. The van der Waals surface area contributed by atoms with Crippen LogP contribution < -0.4 is 10.2 Å². The number of fused-ring (bicyclic) bond motifs is 1. The average molecular weight is 476 g/mol. The highest BCUT2D eigenvalue weighted by Gasteiger charge is 2.24. The van der Waals surface area contributed by atoms with Crippen LogP contribution >= 0.6 is 0 Å². The number of ether oxygens (including phenoxy) is 1. The number of rotatable bonds is 7. The molecule has 0 aliphatic rings. The van der Waals surface area contributed by atoms with E-state index in [-0.39, 0.29) is 9.79 Å². The standard InChI is InChI=1S/C28H29NO4S/c1-5-21-9-12-24(13-10-21)34(31,32)27-18-29(17-22-15-19(3)7-8-20(22)4)26-14-11-23(33-6-2)16-25(26)28(27)30/h7-16,18H,5-6,17H2,1-4H3. The molecule has 3 aromatic carbocycles. The van der Waals surface area contributed by atoms with Crippen LogP contribution in [0.3, 0.4) is 0 Å². The first-order valence-electron chi connectivity index (χ1n) is 11.4. The fourth-order valence-corrected chi connectivity index (χ4v) is 5.48. The predicted octanol–water partition coefficient (Wildman–Crippen LogP) is 5.46. The fraction of sp³-hybridized carbons (Fsp3) is 0.250. The Morgan fingerprint density at radius 2 is 1.65 bits per heavy atom. The first-order chi connectivity index (χ1) is 16.2. The Bertz CT molecular complexity index is 1520. The van der Waals surface area contributed by atoms with E-state index in [1.54, 1.807) is 30.3 Å². The van der Waals surface area contributed by atoms with Gasteiger partial charge in [0.2, 0.25) is 15.3 Å². The maximum atomic E-state index is 13.6. The van der Waals surface area contributed by atoms with E-state index >= 15 is 0 Å². The van der Waals surface area contributed by atoms with Gasteiger partial charge in [0.25, 0.3) is 0 Å². The van der Waals surface area contributed by atoms with Gasteiger partial charge in [-0.25, -0.2) is 8.42 Å². The zero-order chi connectivity index (χ0) is 24.5. The monoisotopic (exact) mass is 475 g/mol. The molecule has 0 atom stereocenters. The van der Waals surface area contributed by atoms with Crippen LogP contribution in [0, 0.1) is 13.8 Å². The van der Waals surface area contributed by atoms with E-state index in [2.05, 4.69) is 12.1 Å². The first-order valence-corrected chi connectivity index (χ1v) is 12.9. The molecule has 0 unspecified atom stereocenters. The molecule has 0 saturated heterocycles. The second kappa shape index (κ2) is 9.47. The molecule has 5 nitrogen and oxygen atoms in total. The van der Waals surface area contributed by atoms with Gasteiger partial charge in [-0.1, -0.05) is 42.8 Å². The van der Waals surface area contributed by atoms with Crippen LogP contribution in [0.1, 0.15) is 36.1 Å². The van der Waals surface area contributed by atoms with Crippen molar-refractivity contribution >= 4 is 20.7 Å². The zero-order valence-corrected chi connectivity index (χ0v) is 20.8. The third-order valence-electron chi connectivity index (χ3n) is 6.11. The van der Waals surface area contributed by atoms with Crippen LogP contribution in [-0.2, 0) is 22.8 Å². The van der Waals surface area contributed by atoms with E-state index < -0.39 is 15.3 Å². The highest BCUT2D eigenvalue weighted by atomic mass is 32.2. The Labute approximate surface area is 200 Å². The van der Waals surface area contributed by atoms with E-state index in [9.17, 15) is 13.2 Å². The van der Waals surface area contributed by atoms with Crippen molar-refractivity contribution in [2.75, 3.05) is 6.61 Å². The molecular formula is C28H29NO4S. The molecule has 4 rings (SSSR count). The van der Waals surface area contributed by atoms with Crippen molar-refractivity contribution in [1.82, 2.24) is 4.57 Å². The number of pyridine rings is 1. The first kappa shape index (κ1) is 23.8. The molecule has 0 aliphatic carbocycles. The molecule has 0 amide bonds. The minimum atomic E-state index is -4.02. The number of nitrogens with zero attached hydrogens (tertiary/aromatic N) is 1. The van der Waals surface area contributed by atoms with Gasteiger partial charge in [0.1, 0.15) is 10.6 Å². The summed E-state index contributed by atoms with van der Waals surface area (Å²) < 4.78 is 34.6. The number of hydrogen-bond donors (Lipinski definition) is 0. The fourth-order valence-electron chi connectivity index (χ4n) is 4.11. The summed E-state index contributed by atoms with van der Waals surface area (Å²) in [5, 5.41) is 0.322. The lowest BCUT2D eigenvalue weighted by Gasteiger charge is -2.16. The summed E-state index contributed by atoms with van der Waals surface area (Å²) in [6, 6.07) is 18.2. The second-order valence-corrected chi connectivity index (χ2v) is 10.4. The summed E-state index contributed by atoms with van der Waals surface area (Å²) in [7, 11) is -4.02. The maximum absolute atomic E-state index is 13.6. The van der Waals surface area contributed by atoms with E-state index in [1.807, 2.05) is 50.5 Å². The van der Waals surface area contributed by atoms with Crippen molar-refractivity contribution in [3.63, 3.8) is 0 Å². The third kappa shape index (κ3) is 4.50. The van der Waals surface area contributed by atoms with E-state index in [0.29, 0.717) is 29.8 Å². The third-order valence-corrected chi connectivity index (χ3v) is 7.87. The summed E-state index contributed by atoms with van der Waals surface area (Å²) in [4.78, 5) is 13.4. The number of aryl methyl sites for hydroxylation is 3. The van der Waals surface area contributed by atoms with E-state index in [0.717, 1.165) is 28.7 Å². The van der Waals surface area contributed by atoms with Crippen molar-refractivity contribution in [2.24, 2.45) is 0 Å². The molecular weight excluding hydrogens is 446 g/mol. The number of benzene rings is 3. The largest absolute Gasteiger partial charge is 0.494 e. The summed E-state index contributed by atoms with van der Waals surface area (Å²) >= 11 is 0. The van der Waals surface area contributed by atoms with Gasteiger partial charge in [0, 0.05) is 12.7 Å². The van der Waals surface area contributed by atoms with Crippen LogP contribution in [0.25, 0.3) is 10.9 Å². The van der Waals surface area contributed by atoms with Gasteiger partial charge in [-0.2, -0.15) is 0 Å². The van der Waals surface area contributed by atoms with Crippen molar-refractivity contribution in [2.45, 2.75) is 50.5 Å². The van der Waals surface area contributed by atoms with E-state index in [1.165, 1.54) is 6.20 Å². The van der Waals surface area contributed by atoms with Gasteiger partial charge in [-0.05, 0) is 74.2 Å². The molecule has 0 aliphatic heterocycles. The normalized spacial score (nSPS) is 11.6. The Kier molecular flexibility index (Phi) is 6.62. The molecule has 1 aromatic heterocycles. The molecule has 34 heavy (non-hydrogen) atoms. The molecule has 0 saturated carbocycles. The summed E-state index contributed by atoms with van der Waals surface area (Å²) in [5.74, 6) is 0.534. The summed E-state index contributed by atoms with van der Waals surface area (Å²) in [6.45, 7) is 8.81. The maximum Gasteiger partial charge on any atom is 0.211 e. The van der Waals surface area contributed by atoms with Crippen LogP contribution in [0.5, 0.6) is 5.75 Å². The van der Waals surface area contributed by atoms with Gasteiger partial charge >= 0.3 is 0 Å². The summed E-state index contributed by atoms with van der Waals surface area (Å²) in [6.07, 6.45) is 2.29. The van der Waals surface area contributed by atoms with Crippen LogP contribution in [-0.4, -0.2) is 19.6 Å². The number of hydrogen-bond acceptors (Lipinski definition) is 4. The molecule has 0 bridgehead atoms. The molecule has 0 spiro atoms. The van der Waals surface area contributed by atoms with Crippen molar-refractivity contribution < 1.29 is 13.2 Å². The van der Waals surface area contributed by atoms with Crippen molar-refractivity contribution in [3.8, 4) is 5.75 Å². The van der Waals surface area contributed by atoms with Crippen LogP contribution in [0.4, 0.5) is 0 Å². The number of aromatic nitrogens is 1. The average Bonchev–Trinajstić information content (AvgIpc) is 2.83. The molecule has 176 valence electrons. The lowest BCUT2D eigenvalue weighted by Crippen LogP contribution is -2.20. The Morgan fingerprint density at radius 3 is 2.32 bits per heavy atom. The number of sulfone groups is 1. The topological polar surface area (TPSA) is 65.4 Å². The molecule has 4 aromatic rings. The quantitative estimate of drug-likeness (QED) is 0.356. The van der Waals surface area contributed by atoms with Gasteiger partial charge in [-0.3, -0.25) is 4.79 Å². The lowest BCUT2D eigenvalue weighted by atomic mass is 10.1. The molecule has 0 N–H and O–H groups in total. The van der Waals surface area contributed by atoms with Gasteiger partial charge in [-0.15, -0.1) is 0 Å². The molecule has 0 fully saturated rings. The smallest absolute Gasteiger partial charge is 0.211 e. The van der Waals surface area contributed by atoms with Gasteiger partial charge in [0.05, 0.1) is 22.4 Å². The Balaban J connectivity index is 1.96. The minimum absolute atomic E-state index is 0.111. The van der Waals surface area contributed by atoms with Crippen LogP contribution in [0.15, 0.2) is 81.4 Å². The van der Waals surface area contributed by atoms with Gasteiger partial charge in [0.15, 0.2) is 0 Å². The Hall–Kier alpha value is -3.38. The minimum Gasteiger partial charge on any atom is -0.494 e. The van der Waals surface area contributed by atoms with Crippen molar-refractivity contribution in [3.05, 3.63) is 99.3 Å². The van der Waals surface area contributed by atoms with Crippen LogP contribution in [0.2, 0.25) is 0 Å². The van der Waals surface area contributed by atoms with Gasteiger partial charge < -0.3 is 9.30 Å². The second-order valence-electron chi connectivity index (χ2n) is 8.49. The van der Waals surface area contributed by atoms with E-state index in [4.69, 9.17) is 4.74 Å². The highest BCUT2D eigenvalue weighted by molar-refractivity contribution is 7.91.